The Hall–Kier alpha value is -1.36. The Morgan fingerprint density at radius 2 is 2.31 bits per heavy atom. The topological polar surface area (TPSA) is 45.4 Å². The van der Waals surface area contributed by atoms with Gasteiger partial charge in [-0.3, -0.25) is 4.90 Å². The first-order chi connectivity index (χ1) is 6.20. The van der Waals surface area contributed by atoms with E-state index in [2.05, 4.69) is 20.2 Å². The van der Waals surface area contributed by atoms with Crippen LogP contribution in [0.4, 0.5) is 5.82 Å². The smallest absolute Gasteiger partial charge is 0.160 e. The highest BCUT2D eigenvalue weighted by atomic mass is 15.3. The van der Waals surface area contributed by atoms with Gasteiger partial charge in [0, 0.05) is 7.05 Å². The molecule has 70 valence electrons. The summed E-state index contributed by atoms with van der Waals surface area (Å²) in [6, 6.07) is 0. The summed E-state index contributed by atoms with van der Waals surface area (Å²) in [7, 11) is 5.96. The lowest BCUT2D eigenvalue weighted by molar-refractivity contribution is 0.276. The van der Waals surface area contributed by atoms with Crippen molar-refractivity contribution in [3.63, 3.8) is 0 Å². The lowest BCUT2D eigenvalue weighted by Crippen LogP contribution is -2.34. The molecule has 0 saturated carbocycles. The van der Waals surface area contributed by atoms with Gasteiger partial charge in [0.2, 0.25) is 0 Å². The van der Waals surface area contributed by atoms with E-state index in [0.717, 1.165) is 11.5 Å². The SMILES string of the molecule is CN(C)C1NC=Nc2c1ncn2C. The van der Waals surface area contributed by atoms with E-state index in [4.69, 9.17) is 0 Å². The lowest BCUT2D eigenvalue weighted by atomic mass is 10.3. The zero-order chi connectivity index (χ0) is 9.42. The number of nitrogens with zero attached hydrogens (tertiary/aromatic N) is 4. The second-order valence-corrected chi connectivity index (χ2v) is 3.36. The van der Waals surface area contributed by atoms with Gasteiger partial charge >= 0.3 is 0 Å². The Bertz CT molecular complexity index is 338. The molecule has 1 unspecified atom stereocenters. The van der Waals surface area contributed by atoms with E-state index in [9.17, 15) is 0 Å². The molecule has 2 rings (SSSR count). The van der Waals surface area contributed by atoms with Crippen molar-refractivity contribution in [3.8, 4) is 0 Å². The third-order valence-corrected chi connectivity index (χ3v) is 2.13. The average Bonchev–Trinajstić information content (AvgIpc) is 2.48. The predicted octanol–water partition coefficient (Wildman–Crippen LogP) is 0.243. The van der Waals surface area contributed by atoms with Gasteiger partial charge in [-0.25, -0.2) is 9.98 Å². The van der Waals surface area contributed by atoms with Crippen LogP contribution >= 0.6 is 0 Å². The van der Waals surface area contributed by atoms with Gasteiger partial charge in [-0.1, -0.05) is 0 Å². The summed E-state index contributed by atoms with van der Waals surface area (Å²) >= 11 is 0. The number of hydrogen-bond acceptors (Lipinski definition) is 4. The number of hydrogen-bond donors (Lipinski definition) is 1. The van der Waals surface area contributed by atoms with Gasteiger partial charge in [-0.05, 0) is 14.1 Å². The van der Waals surface area contributed by atoms with Crippen LogP contribution in [0.5, 0.6) is 0 Å². The molecule has 0 aromatic carbocycles. The first-order valence-electron chi connectivity index (χ1n) is 4.16. The van der Waals surface area contributed by atoms with E-state index >= 15 is 0 Å². The quantitative estimate of drug-likeness (QED) is 0.672. The number of imidazole rings is 1. The van der Waals surface area contributed by atoms with Crippen molar-refractivity contribution in [3.05, 3.63) is 12.0 Å². The Labute approximate surface area is 77.1 Å². The fourth-order valence-electron chi connectivity index (χ4n) is 1.43. The number of fused-ring (bicyclic) bond motifs is 1. The fraction of sp³-hybridized carbons (Fsp3) is 0.500. The van der Waals surface area contributed by atoms with Crippen LogP contribution in [0.15, 0.2) is 11.3 Å². The van der Waals surface area contributed by atoms with Crippen LogP contribution in [-0.4, -0.2) is 34.9 Å². The summed E-state index contributed by atoms with van der Waals surface area (Å²) < 4.78 is 1.92. The standard InChI is InChI=1S/C8H13N5/c1-12(2)7-6-8(10-4-9-7)13(3)5-11-6/h4-5,7H,1-3H3,(H,9,10). The molecule has 0 fully saturated rings. The monoisotopic (exact) mass is 179 g/mol. The minimum atomic E-state index is 0.133. The number of aromatic nitrogens is 2. The third kappa shape index (κ3) is 1.21. The van der Waals surface area contributed by atoms with E-state index in [-0.39, 0.29) is 6.17 Å². The van der Waals surface area contributed by atoms with Gasteiger partial charge in [0.1, 0.15) is 11.9 Å². The molecule has 0 aliphatic carbocycles. The van der Waals surface area contributed by atoms with Crippen LogP contribution in [0.25, 0.3) is 0 Å². The molecule has 5 heteroatoms. The summed E-state index contributed by atoms with van der Waals surface area (Å²) in [5, 5.41) is 3.15. The third-order valence-electron chi connectivity index (χ3n) is 2.13. The molecule has 0 spiro atoms. The predicted molar refractivity (Wildman–Crippen MR) is 50.9 cm³/mol. The molecule has 5 nitrogen and oxygen atoms in total. The maximum atomic E-state index is 4.30. The van der Waals surface area contributed by atoms with Crippen LogP contribution < -0.4 is 5.32 Å². The Balaban J connectivity index is 2.44. The van der Waals surface area contributed by atoms with E-state index in [1.165, 1.54) is 0 Å². The highest BCUT2D eigenvalue weighted by Crippen LogP contribution is 2.26. The minimum Gasteiger partial charge on any atom is -0.355 e. The average molecular weight is 179 g/mol. The first kappa shape index (κ1) is 8.25. The second kappa shape index (κ2) is 2.85. The van der Waals surface area contributed by atoms with Crippen LogP contribution in [0, 0.1) is 0 Å². The molecule has 13 heavy (non-hydrogen) atoms. The summed E-state index contributed by atoms with van der Waals surface area (Å²) in [6.07, 6.45) is 3.63. The minimum absolute atomic E-state index is 0.133. The van der Waals surface area contributed by atoms with Crippen LogP contribution in [0.3, 0.4) is 0 Å². The molecule has 1 aromatic heterocycles. The molecule has 1 aliphatic heterocycles. The van der Waals surface area contributed by atoms with Crippen molar-refractivity contribution in [1.82, 2.24) is 19.8 Å². The fourth-order valence-corrected chi connectivity index (χ4v) is 1.43. The number of aryl methyl sites for hydroxylation is 1. The van der Waals surface area contributed by atoms with Gasteiger partial charge < -0.3 is 9.88 Å². The van der Waals surface area contributed by atoms with Crippen molar-refractivity contribution in [2.45, 2.75) is 6.17 Å². The van der Waals surface area contributed by atoms with E-state index in [1.807, 2.05) is 25.7 Å². The van der Waals surface area contributed by atoms with E-state index in [1.54, 1.807) is 12.7 Å². The first-order valence-corrected chi connectivity index (χ1v) is 4.16. The van der Waals surface area contributed by atoms with Crippen LogP contribution in [0.1, 0.15) is 11.9 Å². The van der Waals surface area contributed by atoms with Gasteiger partial charge in [-0.15, -0.1) is 0 Å². The Morgan fingerprint density at radius 1 is 1.54 bits per heavy atom. The molecule has 0 saturated heterocycles. The molecule has 0 bridgehead atoms. The summed E-state index contributed by atoms with van der Waals surface area (Å²) in [6.45, 7) is 0. The van der Waals surface area contributed by atoms with Crippen molar-refractivity contribution < 1.29 is 0 Å². The molecule has 1 N–H and O–H groups in total. The van der Waals surface area contributed by atoms with Gasteiger partial charge in [0.25, 0.3) is 0 Å². The second-order valence-electron chi connectivity index (χ2n) is 3.36. The normalized spacial score (nSPS) is 20.2. The van der Waals surface area contributed by atoms with E-state index in [0.29, 0.717) is 0 Å². The Kier molecular flexibility index (Phi) is 1.81. The lowest BCUT2D eigenvalue weighted by Gasteiger charge is -2.25. The highest BCUT2D eigenvalue weighted by Gasteiger charge is 2.22. The molecule has 2 heterocycles. The number of aliphatic imine (C=N–C) groups is 1. The maximum absolute atomic E-state index is 4.30. The number of nitrogens with one attached hydrogen (secondary N) is 1. The molecular formula is C8H13N5. The van der Waals surface area contributed by atoms with E-state index < -0.39 is 0 Å². The van der Waals surface area contributed by atoms with Crippen molar-refractivity contribution >= 4 is 12.2 Å². The summed E-state index contributed by atoms with van der Waals surface area (Å²) in [4.78, 5) is 10.6. The molecule has 1 atom stereocenters. The van der Waals surface area contributed by atoms with Gasteiger partial charge in [0.05, 0.1) is 12.7 Å². The Morgan fingerprint density at radius 3 is 3.00 bits per heavy atom. The number of rotatable bonds is 1. The largest absolute Gasteiger partial charge is 0.355 e. The maximum Gasteiger partial charge on any atom is 0.160 e. The molecule has 1 aliphatic rings. The zero-order valence-electron chi connectivity index (χ0n) is 8.02. The molecule has 0 amide bonds. The summed E-state index contributed by atoms with van der Waals surface area (Å²) in [5.41, 5.74) is 0.981. The molecular weight excluding hydrogens is 166 g/mol. The van der Waals surface area contributed by atoms with Gasteiger partial charge in [-0.2, -0.15) is 0 Å². The summed E-state index contributed by atoms with van der Waals surface area (Å²) in [5.74, 6) is 0.928. The van der Waals surface area contributed by atoms with Crippen LogP contribution in [-0.2, 0) is 7.05 Å². The van der Waals surface area contributed by atoms with Crippen LogP contribution in [0.2, 0.25) is 0 Å². The highest BCUT2D eigenvalue weighted by molar-refractivity contribution is 5.64. The zero-order valence-corrected chi connectivity index (χ0v) is 8.02. The molecule has 1 aromatic rings. The van der Waals surface area contributed by atoms with Gasteiger partial charge in [0.15, 0.2) is 5.82 Å². The van der Waals surface area contributed by atoms with Crippen molar-refractivity contribution in [2.24, 2.45) is 12.0 Å². The van der Waals surface area contributed by atoms with Crippen molar-refractivity contribution in [2.75, 3.05) is 14.1 Å². The van der Waals surface area contributed by atoms with Crippen molar-refractivity contribution in [1.29, 1.82) is 0 Å². The molecule has 0 radical (unpaired) electrons.